The molecule has 1 aliphatic heterocycles. The molecule has 16 heavy (non-hydrogen) atoms. The molecule has 1 saturated heterocycles. The van der Waals surface area contributed by atoms with Gasteiger partial charge in [0.05, 0.1) is 6.54 Å². The van der Waals surface area contributed by atoms with Crippen LogP contribution in [0.1, 0.15) is 13.3 Å². The molecule has 0 saturated carbocycles. The first-order chi connectivity index (χ1) is 7.81. The maximum atomic E-state index is 11.4. The van der Waals surface area contributed by atoms with Crippen LogP contribution in [0.4, 0.5) is 16.2 Å². The van der Waals surface area contributed by atoms with Crippen molar-refractivity contribution in [3.8, 4) is 0 Å². The highest BCUT2D eigenvalue weighted by atomic mass is 16.6. The maximum absolute atomic E-state index is 11.4. The van der Waals surface area contributed by atoms with E-state index in [9.17, 15) is 4.79 Å². The molecule has 0 spiro atoms. The fourth-order valence-corrected chi connectivity index (χ4v) is 1.68. The van der Waals surface area contributed by atoms with E-state index in [-0.39, 0.29) is 6.09 Å². The molecule has 2 rings (SSSR count). The number of hydrogen-bond donors (Lipinski definition) is 1. The number of benzene rings is 1. The second-order valence-electron chi connectivity index (χ2n) is 3.74. The van der Waals surface area contributed by atoms with Crippen LogP contribution in [0.15, 0.2) is 24.3 Å². The molecule has 0 aliphatic carbocycles. The Morgan fingerprint density at radius 2 is 2.38 bits per heavy atom. The Morgan fingerprint density at radius 3 is 3.06 bits per heavy atom. The summed E-state index contributed by atoms with van der Waals surface area (Å²) < 4.78 is 4.91. The van der Waals surface area contributed by atoms with Crippen LogP contribution in [-0.4, -0.2) is 25.8 Å². The van der Waals surface area contributed by atoms with Gasteiger partial charge >= 0.3 is 6.09 Å². The lowest BCUT2D eigenvalue weighted by atomic mass is 10.2. The second kappa shape index (κ2) is 4.88. The first-order valence-corrected chi connectivity index (χ1v) is 5.59. The van der Waals surface area contributed by atoms with Gasteiger partial charge in [-0.15, -0.1) is 0 Å². The van der Waals surface area contributed by atoms with Crippen molar-refractivity contribution >= 4 is 17.5 Å². The SMILES string of the molecule is CCCNc1cccc(N2CCOC2=O)c1. The first-order valence-electron chi connectivity index (χ1n) is 5.59. The lowest BCUT2D eigenvalue weighted by Gasteiger charge is -2.14. The van der Waals surface area contributed by atoms with E-state index in [0.717, 1.165) is 24.3 Å². The molecule has 1 amide bonds. The second-order valence-corrected chi connectivity index (χ2v) is 3.74. The van der Waals surface area contributed by atoms with Gasteiger partial charge in [-0.25, -0.2) is 4.79 Å². The number of cyclic esters (lactones) is 1. The van der Waals surface area contributed by atoms with E-state index in [0.29, 0.717) is 13.2 Å². The van der Waals surface area contributed by atoms with Crippen molar-refractivity contribution in [2.75, 3.05) is 29.9 Å². The van der Waals surface area contributed by atoms with Crippen molar-refractivity contribution in [3.63, 3.8) is 0 Å². The number of hydrogen-bond acceptors (Lipinski definition) is 3. The lowest BCUT2D eigenvalue weighted by molar-refractivity contribution is 0.181. The van der Waals surface area contributed by atoms with Crippen molar-refractivity contribution in [1.82, 2.24) is 0 Å². The predicted molar refractivity (Wildman–Crippen MR) is 63.9 cm³/mol. The molecule has 4 nitrogen and oxygen atoms in total. The minimum Gasteiger partial charge on any atom is -0.447 e. The fourth-order valence-electron chi connectivity index (χ4n) is 1.68. The van der Waals surface area contributed by atoms with Crippen LogP contribution in [0.25, 0.3) is 0 Å². The summed E-state index contributed by atoms with van der Waals surface area (Å²) in [6.07, 6.45) is 0.823. The van der Waals surface area contributed by atoms with Gasteiger partial charge in [-0.3, -0.25) is 4.90 Å². The van der Waals surface area contributed by atoms with Crippen molar-refractivity contribution in [1.29, 1.82) is 0 Å². The van der Waals surface area contributed by atoms with Crippen LogP contribution in [0, 0.1) is 0 Å². The summed E-state index contributed by atoms with van der Waals surface area (Å²) >= 11 is 0. The zero-order valence-electron chi connectivity index (χ0n) is 9.40. The summed E-state index contributed by atoms with van der Waals surface area (Å²) in [6, 6.07) is 7.84. The van der Waals surface area contributed by atoms with Crippen molar-refractivity contribution in [2.45, 2.75) is 13.3 Å². The van der Waals surface area contributed by atoms with Gasteiger partial charge in [-0.1, -0.05) is 13.0 Å². The van der Waals surface area contributed by atoms with E-state index >= 15 is 0 Å². The molecule has 1 aliphatic rings. The number of nitrogens with one attached hydrogen (secondary N) is 1. The Labute approximate surface area is 95.2 Å². The van der Waals surface area contributed by atoms with Crippen LogP contribution in [0.5, 0.6) is 0 Å². The standard InChI is InChI=1S/C12H16N2O2/c1-2-6-13-10-4-3-5-11(9-10)14-7-8-16-12(14)15/h3-5,9,13H,2,6-8H2,1H3. The van der Waals surface area contributed by atoms with Gasteiger partial charge in [0.15, 0.2) is 0 Å². The Bertz CT molecular complexity index is 379. The quantitative estimate of drug-likeness (QED) is 0.847. The van der Waals surface area contributed by atoms with Crippen LogP contribution < -0.4 is 10.2 Å². The number of anilines is 2. The predicted octanol–water partition coefficient (Wildman–Crippen LogP) is 2.47. The van der Waals surface area contributed by atoms with E-state index in [2.05, 4.69) is 12.2 Å². The van der Waals surface area contributed by atoms with Crippen LogP contribution in [-0.2, 0) is 4.74 Å². The van der Waals surface area contributed by atoms with E-state index in [1.807, 2.05) is 24.3 Å². The number of nitrogens with zero attached hydrogens (tertiary/aromatic N) is 1. The Kier molecular flexibility index (Phi) is 3.29. The highest BCUT2D eigenvalue weighted by molar-refractivity contribution is 5.89. The average molecular weight is 220 g/mol. The van der Waals surface area contributed by atoms with Gasteiger partial charge in [0.2, 0.25) is 0 Å². The van der Waals surface area contributed by atoms with Crippen molar-refractivity contribution in [2.24, 2.45) is 0 Å². The van der Waals surface area contributed by atoms with Gasteiger partial charge in [0.1, 0.15) is 6.61 Å². The maximum Gasteiger partial charge on any atom is 0.414 e. The molecule has 1 aromatic rings. The third-order valence-corrected chi connectivity index (χ3v) is 2.50. The molecule has 0 aromatic heterocycles. The molecule has 1 heterocycles. The number of rotatable bonds is 4. The van der Waals surface area contributed by atoms with Gasteiger partial charge in [-0.05, 0) is 24.6 Å². The molecule has 0 bridgehead atoms. The average Bonchev–Trinajstić information content (AvgIpc) is 2.73. The van der Waals surface area contributed by atoms with E-state index in [4.69, 9.17) is 4.74 Å². The number of carbonyl (C=O) groups is 1. The topological polar surface area (TPSA) is 41.6 Å². The highest BCUT2D eigenvalue weighted by Gasteiger charge is 2.23. The minimum atomic E-state index is -0.257. The normalized spacial score (nSPS) is 15.1. The van der Waals surface area contributed by atoms with Gasteiger partial charge in [-0.2, -0.15) is 0 Å². The van der Waals surface area contributed by atoms with Crippen LogP contribution >= 0.6 is 0 Å². The monoisotopic (exact) mass is 220 g/mol. The van der Waals surface area contributed by atoms with Crippen molar-refractivity contribution in [3.05, 3.63) is 24.3 Å². The summed E-state index contributed by atoms with van der Waals surface area (Å²) in [6.45, 7) is 4.17. The third-order valence-electron chi connectivity index (χ3n) is 2.50. The lowest BCUT2D eigenvalue weighted by Crippen LogP contribution is -2.23. The van der Waals surface area contributed by atoms with Crippen LogP contribution in [0.3, 0.4) is 0 Å². The summed E-state index contributed by atoms with van der Waals surface area (Å²) in [4.78, 5) is 13.0. The minimum absolute atomic E-state index is 0.257. The Balaban J connectivity index is 2.12. The largest absolute Gasteiger partial charge is 0.447 e. The Hall–Kier alpha value is -1.71. The third kappa shape index (κ3) is 2.27. The van der Waals surface area contributed by atoms with Gasteiger partial charge < -0.3 is 10.1 Å². The van der Waals surface area contributed by atoms with Gasteiger partial charge in [0, 0.05) is 17.9 Å². The number of carbonyl (C=O) groups excluding carboxylic acids is 1. The molecular weight excluding hydrogens is 204 g/mol. The zero-order chi connectivity index (χ0) is 11.4. The molecule has 1 aromatic carbocycles. The Morgan fingerprint density at radius 1 is 1.50 bits per heavy atom. The highest BCUT2D eigenvalue weighted by Crippen LogP contribution is 2.22. The van der Waals surface area contributed by atoms with E-state index < -0.39 is 0 Å². The molecule has 0 atom stereocenters. The summed E-state index contributed by atoms with van der Waals surface area (Å²) in [5, 5.41) is 3.29. The summed E-state index contributed by atoms with van der Waals surface area (Å²) in [7, 11) is 0. The summed E-state index contributed by atoms with van der Waals surface area (Å²) in [5.74, 6) is 0. The molecule has 1 fully saturated rings. The van der Waals surface area contributed by atoms with Gasteiger partial charge in [0.25, 0.3) is 0 Å². The van der Waals surface area contributed by atoms with Crippen molar-refractivity contribution < 1.29 is 9.53 Å². The molecule has 86 valence electrons. The first kappa shape index (κ1) is 10.8. The molecular formula is C12H16N2O2. The molecule has 4 heteroatoms. The molecule has 1 N–H and O–H groups in total. The summed E-state index contributed by atoms with van der Waals surface area (Å²) in [5.41, 5.74) is 1.93. The molecule has 0 radical (unpaired) electrons. The van der Waals surface area contributed by atoms with E-state index in [1.165, 1.54) is 0 Å². The zero-order valence-corrected chi connectivity index (χ0v) is 9.40. The fraction of sp³-hybridized carbons (Fsp3) is 0.417. The number of amides is 1. The van der Waals surface area contributed by atoms with E-state index in [1.54, 1.807) is 4.90 Å². The molecule has 0 unspecified atom stereocenters. The number of ether oxygens (including phenoxy) is 1. The van der Waals surface area contributed by atoms with Crippen LogP contribution in [0.2, 0.25) is 0 Å². The smallest absolute Gasteiger partial charge is 0.414 e.